The second kappa shape index (κ2) is 6.01. The molecule has 2 aromatic carbocycles. The van der Waals surface area contributed by atoms with Crippen molar-refractivity contribution in [2.75, 3.05) is 7.05 Å². The van der Waals surface area contributed by atoms with Gasteiger partial charge < -0.3 is 10.3 Å². The van der Waals surface area contributed by atoms with E-state index in [4.69, 9.17) is 0 Å². The summed E-state index contributed by atoms with van der Waals surface area (Å²) >= 11 is 1.59. The molecule has 0 spiro atoms. The van der Waals surface area contributed by atoms with Gasteiger partial charge in [0.25, 0.3) is 5.91 Å². The number of thioether (sulfide) groups is 1. The van der Waals surface area contributed by atoms with Gasteiger partial charge in [0.15, 0.2) is 5.16 Å². The lowest BCUT2D eigenvalue weighted by Gasteiger charge is -2.06. The third kappa shape index (κ3) is 2.92. The van der Waals surface area contributed by atoms with Gasteiger partial charge >= 0.3 is 0 Å². The molecule has 0 unspecified atom stereocenters. The topological polar surface area (TPSA) is 57.8 Å². The van der Waals surface area contributed by atoms with Crippen LogP contribution in [0.5, 0.6) is 0 Å². The molecule has 0 atom stereocenters. The highest BCUT2D eigenvalue weighted by Crippen LogP contribution is 2.24. The quantitative estimate of drug-likeness (QED) is 0.727. The van der Waals surface area contributed by atoms with E-state index in [0.29, 0.717) is 11.3 Å². The molecule has 0 fully saturated rings. The number of aromatic amines is 1. The van der Waals surface area contributed by atoms with Gasteiger partial charge in [-0.1, -0.05) is 42.1 Å². The summed E-state index contributed by atoms with van der Waals surface area (Å²) < 4.78 is 0. The van der Waals surface area contributed by atoms with Gasteiger partial charge in [0.05, 0.1) is 11.0 Å². The van der Waals surface area contributed by atoms with Crippen LogP contribution in [0.25, 0.3) is 11.0 Å². The fourth-order valence-corrected chi connectivity index (χ4v) is 3.04. The van der Waals surface area contributed by atoms with Crippen molar-refractivity contribution in [1.82, 2.24) is 15.3 Å². The number of H-pyrrole nitrogens is 1. The SMILES string of the molecule is CNC(=O)c1ccccc1CSc1nc2ccccc2[nH]1. The highest BCUT2D eigenvalue weighted by atomic mass is 32.2. The highest BCUT2D eigenvalue weighted by molar-refractivity contribution is 7.98. The summed E-state index contributed by atoms with van der Waals surface area (Å²) in [6.07, 6.45) is 0. The lowest BCUT2D eigenvalue weighted by molar-refractivity contribution is 0.0962. The van der Waals surface area contributed by atoms with Crippen LogP contribution in [0.3, 0.4) is 0 Å². The number of carbonyl (C=O) groups is 1. The minimum Gasteiger partial charge on any atom is -0.355 e. The maximum atomic E-state index is 11.8. The van der Waals surface area contributed by atoms with Crippen LogP contribution < -0.4 is 5.32 Å². The van der Waals surface area contributed by atoms with Crippen molar-refractivity contribution in [3.8, 4) is 0 Å². The Bertz CT molecular complexity index is 749. The summed E-state index contributed by atoms with van der Waals surface area (Å²) in [5.74, 6) is 0.638. The molecule has 0 saturated carbocycles. The zero-order valence-corrected chi connectivity index (χ0v) is 12.4. The van der Waals surface area contributed by atoms with Crippen molar-refractivity contribution >= 4 is 28.7 Å². The van der Waals surface area contributed by atoms with Crippen molar-refractivity contribution in [1.29, 1.82) is 0 Å². The summed E-state index contributed by atoms with van der Waals surface area (Å²) in [6.45, 7) is 0. The zero-order valence-electron chi connectivity index (χ0n) is 11.6. The van der Waals surface area contributed by atoms with Crippen molar-refractivity contribution < 1.29 is 4.79 Å². The van der Waals surface area contributed by atoms with Gasteiger partial charge in [-0.25, -0.2) is 4.98 Å². The molecular formula is C16H15N3OS. The number of nitrogens with zero attached hydrogens (tertiary/aromatic N) is 1. The van der Waals surface area contributed by atoms with E-state index in [1.165, 1.54) is 0 Å². The van der Waals surface area contributed by atoms with Crippen LogP contribution >= 0.6 is 11.8 Å². The largest absolute Gasteiger partial charge is 0.355 e. The van der Waals surface area contributed by atoms with Crippen LogP contribution in [0.2, 0.25) is 0 Å². The maximum Gasteiger partial charge on any atom is 0.251 e. The third-order valence-corrected chi connectivity index (χ3v) is 4.14. The number of nitrogens with one attached hydrogen (secondary N) is 2. The van der Waals surface area contributed by atoms with Crippen molar-refractivity contribution in [3.63, 3.8) is 0 Å². The van der Waals surface area contributed by atoms with E-state index in [0.717, 1.165) is 21.8 Å². The molecule has 0 saturated heterocycles. The Hall–Kier alpha value is -2.27. The predicted octanol–water partition coefficient (Wildman–Crippen LogP) is 3.21. The van der Waals surface area contributed by atoms with E-state index in [2.05, 4.69) is 15.3 Å². The first-order chi connectivity index (χ1) is 10.3. The Kier molecular flexibility index (Phi) is 3.92. The van der Waals surface area contributed by atoms with Crippen molar-refractivity contribution in [2.45, 2.75) is 10.9 Å². The molecule has 0 aliphatic rings. The Labute approximate surface area is 127 Å². The number of amides is 1. The summed E-state index contributed by atoms with van der Waals surface area (Å²) in [5.41, 5.74) is 3.70. The number of aromatic nitrogens is 2. The molecule has 4 nitrogen and oxygen atoms in total. The molecule has 0 bridgehead atoms. The Morgan fingerprint density at radius 3 is 2.76 bits per heavy atom. The van der Waals surface area contributed by atoms with Crippen molar-refractivity contribution in [2.24, 2.45) is 0 Å². The standard InChI is InChI=1S/C16H15N3OS/c1-17-15(20)12-7-3-2-6-11(12)10-21-16-18-13-8-4-5-9-14(13)19-16/h2-9H,10H2,1H3,(H,17,20)(H,18,19). The minimum atomic E-state index is -0.0594. The summed E-state index contributed by atoms with van der Waals surface area (Å²) in [5, 5.41) is 3.53. The fourth-order valence-electron chi connectivity index (χ4n) is 2.15. The zero-order chi connectivity index (χ0) is 14.7. The first-order valence-corrected chi connectivity index (χ1v) is 7.64. The molecule has 3 aromatic rings. The maximum absolute atomic E-state index is 11.8. The molecule has 2 N–H and O–H groups in total. The van der Waals surface area contributed by atoms with E-state index in [1.807, 2.05) is 48.5 Å². The monoisotopic (exact) mass is 297 g/mol. The van der Waals surface area contributed by atoms with Gasteiger partial charge in [0.2, 0.25) is 0 Å². The molecule has 106 valence electrons. The highest BCUT2D eigenvalue weighted by Gasteiger charge is 2.10. The van der Waals surface area contributed by atoms with Gasteiger partial charge in [-0.05, 0) is 23.8 Å². The van der Waals surface area contributed by atoms with E-state index in [-0.39, 0.29) is 5.91 Å². The third-order valence-electron chi connectivity index (χ3n) is 3.22. The van der Waals surface area contributed by atoms with Gasteiger partial charge in [0.1, 0.15) is 0 Å². The van der Waals surface area contributed by atoms with Crippen LogP contribution in [0, 0.1) is 0 Å². The first kappa shape index (κ1) is 13.7. The number of benzene rings is 2. The van der Waals surface area contributed by atoms with E-state index in [1.54, 1.807) is 18.8 Å². The lowest BCUT2D eigenvalue weighted by Crippen LogP contribution is -2.19. The summed E-state index contributed by atoms with van der Waals surface area (Å²) in [6, 6.07) is 15.6. The molecule has 21 heavy (non-hydrogen) atoms. The molecule has 1 aromatic heterocycles. The van der Waals surface area contributed by atoms with Crippen molar-refractivity contribution in [3.05, 3.63) is 59.7 Å². The van der Waals surface area contributed by atoms with Crippen LogP contribution in [0.15, 0.2) is 53.7 Å². The Balaban J connectivity index is 1.80. The van der Waals surface area contributed by atoms with Crippen LogP contribution in [0.4, 0.5) is 0 Å². The van der Waals surface area contributed by atoms with E-state index in [9.17, 15) is 4.79 Å². The molecule has 5 heteroatoms. The summed E-state index contributed by atoms with van der Waals surface area (Å²) in [7, 11) is 1.64. The molecule has 0 radical (unpaired) electrons. The number of para-hydroxylation sites is 2. The molecule has 1 heterocycles. The number of carbonyl (C=O) groups excluding carboxylic acids is 1. The molecule has 0 aliphatic heterocycles. The van der Waals surface area contributed by atoms with Gasteiger partial charge in [-0.3, -0.25) is 4.79 Å². The molecule has 1 amide bonds. The number of imidazole rings is 1. The molecule has 0 aliphatic carbocycles. The van der Waals surface area contributed by atoms with Crippen LogP contribution in [-0.2, 0) is 5.75 Å². The van der Waals surface area contributed by atoms with Gasteiger partial charge in [0, 0.05) is 18.4 Å². The fraction of sp³-hybridized carbons (Fsp3) is 0.125. The summed E-state index contributed by atoms with van der Waals surface area (Å²) in [4.78, 5) is 19.7. The first-order valence-electron chi connectivity index (χ1n) is 6.65. The van der Waals surface area contributed by atoms with Gasteiger partial charge in [-0.2, -0.15) is 0 Å². The average molecular weight is 297 g/mol. The average Bonchev–Trinajstić information content (AvgIpc) is 2.95. The second-order valence-electron chi connectivity index (χ2n) is 4.58. The van der Waals surface area contributed by atoms with E-state index < -0.39 is 0 Å². The van der Waals surface area contributed by atoms with E-state index >= 15 is 0 Å². The van der Waals surface area contributed by atoms with Crippen LogP contribution in [-0.4, -0.2) is 22.9 Å². The number of rotatable bonds is 4. The minimum absolute atomic E-state index is 0.0594. The normalized spacial score (nSPS) is 10.7. The lowest BCUT2D eigenvalue weighted by atomic mass is 10.1. The van der Waals surface area contributed by atoms with Crippen LogP contribution in [0.1, 0.15) is 15.9 Å². The second-order valence-corrected chi connectivity index (χ2v) is 5.55. The number of hydrogen-bond donors (Lipinski definition) is 2. The molecule has 3 rings (SSSR count). The number of hydrogen-bond acceptors (Lipinski definition) is 3. The molecular weight excluding hydrogens is 282 g/mol. The predicted molar refractivity (Wildman–Crippen MR) is 85.5 cm³/mol. The smallest absolute Gasteiger partial charge is 0.251 e. The Morgan fingerprint density at radius 2 is 1.95 bits per heavy atom. The number of fused-ring (bicyclic) bond motifs is 1. The van der Waals surface area contributed by atoms with Gasteiger partial charge in [-0.15, -0.1) is 0 Å². The Morgan fingerprint density at radius 1 is 1.19 bits per heavy atom.